The van der Waals surface area contributed by atoms with E-state index < -0.39 is 39.8 Å². The second-order valence-electron chi connectivity index (χ2n) is 3.51. The molecule has 0 aliphatic carbocycles. The molecule has 19 heavy (non-hydrogen) atoms. The maximum atomic E-state index is 13.5. The maximum Gasteiger partial charge on any atom is 0.258 e. The first-order valence-electron chi connectivity index (χ1n) is 5.06. The third kappa shape index (κ3) is 2.68. The van der Waals surface area contributed by atoms with Crippen LogP contribution in [0.2, 0.25) is 5.15 Å². The summed E-state index contributed by atoms with van der Waals surface area (Å²) in [6.45, 7) is 0. The van der Waals surface area contributed by atoms with Crippen LogP contribution in [0.5, 0.6) is 0 Å². The van der Waals surface area contributed by atoms with Gasteiger partial charge in [-0.25, -0.2) is 18.2 Å². The molecule has 0 bridgehead atoms. The monoisotopic (exact) mass is 286 g/mol. The van der Waals surface area contributed by atoms with Gasteiger partial charge in [-0.3, -0.25) is 4.79 Å². The Bertz CT molecular complexity index is 629. The Kier molecular flexibility index (Phi) is 3.71. The standard InChI is InChI=1S/C12H6ClF3N2O/c13-11-9(16)6(4-5-17-11)12(19)18-10-7(14)2-1-3-8(10)15/h1-5H,(H,18,19). The average molecular weight is 287 g/mol. The molecule has 7 heteroatoms. The molecule has 0 atom stereocenters. The van der Waals surface area contributed by atoms with Crippen molar-refractivity contribution < 1.29 is 18.0 Å². The van der Waals surface area contributed by atoms with Crippen LogP contribution in [0.4, 0.5) is 18.9 Å². The number of rotatable bonds is 2. The summed E-state index contributed by atoms with van der Waals surface area (Å²) in [5.74, 6) is -4.01. The summed E-state index contributed by atoms with van der Waals surface area (Å²) in [6.07, 6.45) is 1.11. The largest absolute Gasteiger partial charge is 0.317 e. The van der Waals surface area contributed by atoms with Gasteiger partial charge in [-0.05, 0) is 18.2 Å². The maximum absolute atomic E-state index is 13.5. The number of hydrogen-bond acceptors (Lipinski definition) is 2. The SMILES string of the molecule is O=C(Nc1c(F)cccc1F)c1ccnc(Cl)c1F. The molecule has 1 aromatic carbocycles. The highest BCUT2D eigenvalue weighted by molar-refractivity contribution is 6.30. The van der Waals surface area contributed by atoms with E-state index in [4.69, 9.17) is 11.6 Å². The number of aromatic nitrogens is 1. The average Bonchev–Trinajstić information content (AvgIpc) is 2.37. The Morgan fingerprint density at radius 1 is 1.16 bits per heavy atom. The molecule has 0 spiro atoms. The number of para-hydroxylation sites is 1. The van der Waals surface area contributed by atoms with Gasteiger partial charge in [0, 0.05) is 6.20 Å². The smallest absolute Gasteiger partial charge is 0.258 e. The fourth-order valence-electron chi connectivity index (χ4n) is 1.39. The highest BCUT2D eigenvalue weighted by Crippen LogP contribution is 2.21. The lowest BCUT2D eigenvalue weighted by atomic mass is 10.2. The van der Waals surface area contributed by atoms with Crippen LogP contribution in [0.25, 0.3) is 0 Å². The van der Waals surface area contributed by atoms with Crippen LogP contribution in [0, 0.1) is 17.5 Å². The number of halogens is 4. The molecule has 1 N–H and O–H groups in total. The lowest BCUT2D eigenvalue weighted by Gasteiger charge is -2.08. The molecular formula is C12H6ClF3N2O. The number of carbonyl (C=O) groups is 1. The number of anilines is 1. The van der Waals surface area contributed by atoms with Crippen LogP contribution >= 0.6 is 11.6 Å². The van der Waals surface area contributed by atoms with Crippen molar-refractivity contribution in [3.8, 4) is 0 Å². The molecule has 0 radical (unpaired) electrons. The van der Waals surface area contributed by atoms with E-state index in [9.17, 15) is 18.0 Å². The molecular weight excluding hydrogens is 281 g/mol. The summed E-state index contributed by atoms with van der Waals surface area (Å²) < 4.78 is 40.2. The summed E-state index contributed by atoms with van der Waals surface area (Å²) in [6, 6.07) is 4.13. The Morgan fingerprint density at radius 3 is 2.42 bits per heavy atom. The molecule has 0 saturated heterocycles. The van der Waals surface area contributed by atoms with E-state index >= 15 is 0 Å². The highest BCUT2D eigenvalue weighted by atomic mass is 35.5. The van der Waals surface area contributed by atoms with E-state index in [0.717, 1.165) is 30.5 Å². The van der Waals surface area contributed by atoms with E-state index in [1.165, 1.54) is 0 Å². The Hall–Kier alpha value is -2.08. The fourth-order valence-corrected chi connectivity index (χ4v) is 1.55. The number of nitrogens with one attached hydrogen (secondary N) is 1. The topological polar surface area (TPSA) is 42.0 Å². The van der Waals surface area contributed by atoms with Crippen molar-refractivity contribution in [1.82, 2.24) is 4.98 Å². The molecule has 1 heterocycles. The number of nitrogens with zero attached hydrogens (tertiary/aromatic N) is 1. The summed E-state index contributed by atoms with van der Waals surface area (Å²) >= 11 is 5.41. The zero-order chi connectivity index (χ0) is 14.0. The van der Waals surface area contributed by atoms with Gasteiger partial charge < -0.3 is 5.32 Å². The molecule has 3 nitrogen and oxygen atoms in total. The van der Waals surface area contributed by atoms with E-state index in [2.05, 4.69) is 4.98 Å². The van der Waals surface area contributed by atoms with E-state index in [0.29, 0.717) is 0 Å². The van der Waals surface area contributed by atoms with Crippen molar-refractivity contribution in [2.24, 2.45) is 0 Å². The lowest BCUT2D eigenvalue weighted by molar-refractivity contribution is 0.102. The highest BCUT2D eigenvalue weighted by Gasteiger charge is 2.18. The Balaban J connectivity index is 2.34. The minimum absolute atomic E-state index is 0.456. The van der Waals surface area contributed by atoms with Gasteiger partial charge >= 0.3 is 0 Å². The second kappa shape index (κ2) is 5.27. The number of pyridine rings is 1. The Labute approximate surface area is 111 Å². The van der Waals surface area contributed by atoms with Crippen LogP contribution < -0.4 is 5.32 Å². The molecule has 0 fully saturated rings. The second-order valence-corrected chi connectivity index (χ2v) is 3.87. The minimum Gasteiger partial charge on any atom is -0.317 e. The van der Waals surface area contributed by atoms with Crippen molar-refractivity contribution in [2.75, 3.05) is 5.32 Å². The van der Waals surface area contributed by atoms with Crippen molar-refractivity contribution in [3.05, 3.63) is 58.6 Å². The molecule has 0 aliphatic heterocycles. The van der Waals surface area contributed by atoms with Crippen LogP contribution in [-0.2, 0) is 0 Å². The van der Waals surface area contributed by atoms with Crippen LogP contribution in [0.1, 0.15) is 10.4 Å². The number of amides is 1. The zero-order valence-electron chi connectivity index (χ0n) is 9.25. The van der Waals surface area contributed by atoms with Gasteiger partial charge in [0.05, 0.1) is 5.56 Å². The zero-order valence-corrected chi connectivity index (χ0v) is 10.0. The van der Waals surface area contributed by atoms with Crippen LogP contribution in [-0.4, -0.2) is 10.9 Å². The Morgan fingerprint density at radius 2 is 1.79 bits per heavy atom. The first kappa shape index (κ1) is 13.4. The fraction of sp³-hybridized carbons (Fsp3) is 0. The molecule has 1 aromatic heterocycles. The van der Waals surface area contributed by atoms with Gasteiger partial charge in [0.1, 0.15) is 17.3 Å². The quantitative estimate of drug-likeness (QED) is 0.860. The van der Waals surface area contributed by atoms with Gasteiger partial charge in [0.25, 0.3) is 5.91 Å². The normalized spacial score (nSPS) is 10.3. The van der Waals surface area contributed by atoms with Gasteiger partial charge in [0.15, 0.2) is 11.0 Å². The third-order valence-corrected chi connectivity index (χ3v) is 2.56. The number of carbonyl (C=O) groups excluding carboxylic acids is 1. The molecule has 2 aromatic rings. The van der Waals surface area contributed by atoms with E-state index in [-0.39, 0.29) is 0 Å². The molecule has 98 valence electrons. The summed E-state index contributed by atoms with van der Waals surface area (Å²) in [5, 5.41) is 1.45. The summed E-state index contributed by atoms with van der Waals surface area (Å²) in [5.41, 5.74) is -1.11. The molecule has 1 amide bonds. The van der Waals surface area contributed by atoms with Crippen molar-refractivity contribution in [1.29, 1.82) is 0 Å². The predicted molar refractivity (Wildman–Crippen MR) is 63.5 cm³/mol. The number of hydrogen-bond donors (Lipinski definition) is 1. The van der Waals surface area contributed by atoms with Crippen molar-refractivity contribution in [3.63, 3.8) is 0 Å². The molecule has 2 rings (SSSR count). The van der Waals surface area contributed by atoms with Gasteiger partial charge in [0.2, 0.25) is 0 Å². The molecule has 0 saturated carbocycles. The molecule has 0 unspecified atom stereocenters. The van der Waals surface area contributed by atoms with Crippen LogP contribution in [0.15, 0.2) is 30.5 Å². The van der Waals surface area contributed by atoms with Gasteiger partial charge in [-0.1, -0.05) is 17.7 Å². The predicted octanol–water partition coefficient (Wildman–Crippen LogP) is 3.40. The first-order chi connectivity index (χ1) is 9.00. The first-order valence-corrected chi connectivity index (χ1v) is 5.44. The van der Waals surface area contributed by atoms with Crippen LogP contribution in [0.3, 0.4) is 0 Å². The lowest BCUT2D eigenvalue weighted by Crippen LogP contribution is -2.16. The molecule has 0 aliphatic rings. The van der Waals surface area contributed by atoms with Gasteiger partial charge in [-0.15, -0.1) is 0 Å². The van der Waals surface area contributed by atoms with E-state index in [1.54, 1.807) is 0 Å². The van der Waals surface area contributed by atoms with Gasteiger partial charge in [-0.2, -0.15) is 0 Å². The summed E-state index contributed by atoms with van der Waals surface area (Å²) in [7, 11) is 0. The third-order valence-electron chi connectivity index (χ3n) is 2.29. The van der Waals surface area contributed by atoms with Crippen molar-refractivity contribution in [2.45, 2.75) is 0 Å². The number of benzene rings is 1. The van der Waals surface area contributed by atoms with E-state index in [1.807, 2.05) is 5.32 Å². The minimum atomic E-state index is -1.06. The summed E-state index contributed by atoms with van der Waals surface area (Å²) in [4.78, 5) is 15.1. The van der Waals surface area contributed by atoms with Crippen molar-refractivity contribution >= 4 is 23.2 Å².